The van der Waals surface area contributed by atoms with Crippen LogP contribution in [0.3, 0.4) is 0 Å². The van der Waals surface area contributed by atoms with Crippen LogP contribution in [0.5, 0.6) is 0 Å². The highest BCUT2D eigenvalue weighted by atomic mass is 16.1. The molecule has 1 atom stereocenters. The molecule has 0 radical (unpaired) electrons. The molecule has 0 saturated heterocycles. The summed E-state index contributed by atoms with van der Waals surface area (Å²) >= 11 is 0. The highest BCUT2D eigenvalue weighted by Crippen LogP contribution is 2.15. The van der Waals surface area contributed by atoms with Gasteiger partial charge in [0.2, 0.25) is 5.91 Å². The molecule has 1 unspecified atom stereocenters. The minimum absolute atomic E-state index is 0.0609. The second-order valence-electron chi connectivity index (χ2n) is 5.17. The third kappa shape index (κ3) is 2.87. The normalized spacial score (nSPS) is 17.8. The molecular weight excluding hydrogens is 256 g/mol. The smallest absolute Gasteiger partial charge is 0.222 e. The molecule has 2 aromatic heterocycles. The lowest BCUT2D eigenvalue weighted by Gasteiger charge is -2.24. The number of nitrogens with zero attached hydrogens (tertiary/aromatic N) is 5. The molecular formula is C13H18N6O. The number of nitrogens with one attached hydrogen (secondary N) is 1. The van der Waals surface area contributed by atoms with Gasteiger partial charge in [0, 0.05) is 37.8 Å². The summed E-state index contributed by atoms with van der Waals surface area (Å²) in [6, 6.07) is 0.194. The average Bonchev–Trinajstić information content (AvgIpc) is 3.04. The van der Waals surface area contributed by atoms with Gasteiger partial charge in [0.05, 0.1) is 18.4 Å². The molecule has 3 heterocycles. The number of amides is 1. The molecule has 1 aliphatic rings. The fraction of sp³-hybridized carbons (Fsp3) is 0.538. The first-order valence-electron chi connectivity index (χ1n) is 6.87. The summed E-state index contributed by atoms with van der Waals surface area (Å²) in [6.07, 6.45) is 7.71. The summed E-state index contributed by atoms with van der Waals surface area (Å²) in [5, 5.41) is 10.6. The number of hydrogen-bond donors (Lipinski definition) is 1. The molecule has 0 aliphatic carbocycles. The number of aromatic nitrogens is 5. The quantitative estimate of drug-likeness (QED) is 0.870. The molecule has 7 nitrogen and oxygen atoms in total. The molecule has 3 rings (SSSR count). The second kappa shape index (κ2) is 5.44. The van der Waals surface area contributed by atoms with Crippen LogP contribution >= 0.6 is 0 Å². The molecule has 0 saturated carbocycles. The van der Waals surface area contributed by atoms with Gasteiger partial charge in [-0.15, -0.1) is 5.10 Å². The molecule has 1 N–H and O–H groups in total. The van der Waals surface area contributed by atoms with Crippen LogP contribution in [0.4, 0.5) is 0 Å². The van der Waals surface area contributed by atoms with E-state index in [9.17, 15) is 4.79 Å². The van der Waals surface area contributed by atoms with E-state index in [0.29, 0.717) is 13.0 Å². The van der Waals surface area contributed by atoms with Crippen LogP contribution in [-0.2, 0) is 24.3 Å². The zero-order chi connectivity index (χ0) is 13.9. The zero-order valence-corrected chi connectivity index (χ0v) is 11.5. The SMILES string of the molecule is Cc1cn2c(n1)CCC(NC(=O)CCn1ccnn1)C2. The Morgan fingerprint density at radius 1 is 1.55 bits per heavy atom. The van der Waals surface area contributed by atoms with Crippen molar-refractivity contribution in [3.63, 3.8) is 0 Å². The maximum atomic E-state index is 11.9. The molecule has 20 heavy (non-hydrogen) atoms. The number of carbonyl (C=O) groups excluding carboxylic acids is 1. The minimum atomic E-state index is 0.0609. The summed E-state index contributed by atoms with van der Waals surface area (Å²) in [5.74, 6) is 1.18. The lowest BCUT2D eigenvalue weighted by atomic mass is 10.1. The van der Waals surface area contributed by atoms with Gasteiger partial charge >= 0.3 is 0 Å². The summed E-state index contributed by atoms with van der Waals surface area (Å²) in [7, 11) is 0. The predicted molar refractivity (Wildman–Crippen MR) is 71.9 cm³/mol. The number of carbonyl (C=O) groups is 1. The second-order valence-corrected chi connectivity index (χ2v) is 5.17. The van der Waals surface area contributed by atoms with E-state index in [4.69, 9.17) is 0 Å². The van der Waals surface area contributed by atoms with Crippen LogP contribution < -0.4 is 5.32 Å². The Balaban J connectivity index is 1.50. The van der Waals surface area contributed by atoms with Crippen molar-refractivity contribution >= 4 is 5.91 Å². The molecule has 1 aliphatic heterocycles. The van der Waals surface area contributed by atoms with Gasteiger partial charge in [-0.1, -0.05) is 5.21 Å². The van der Waals surface area contributed by atoms with Gasteiger partial charge in [-0.3, -0.25) is 9.48 Å². The molecule has 106 valence electrons. The lowest BCUT2D eigenvalue weighted by Crippen LogP contribution is -2.41. The molecule has 0 aromatic carbocycles. The van der Waals surface area contributed by atoms with E-state index in [1.807, 2.05) is 13.1 Å². The van der Waals surface area contributed by atoms with Gasteiger partial charge in [0.15, 0.2) is 0 Å². The first-order valence-corrected chi connectivity index (χ1v) is 6.87. The number of aryl methyl sites for hydroxylation is 3. The summed E-state index contributed by atoms with van der Waals surface area (Å²) in [5.41, 5.74) is 1.04. The highest BCUT2D eigenvalue weighted by Gasteiger charge is 2.20. The maximum Gasteiger partial charge on any atom is 0.222 e. The zero-order valence-electron chi connectivity index (χ0n) is 11.5. The van der Waals surface area contributed by atoms with Gasteiger partial charge in [0.25, 0.3) is 0 Å². The van der Waals surface area contributed by atoms with Crippen LogP contribution in [0.1, 0.15) is 24.4 Å². The minimum Gasteiger partial charge on any atom is -0.352 e. The van der Waals surface area contributed by atoms with Gasteiger partial charge in [-0.05, 0) is 13.3 Å². The van der Waals surface area contributed by atoms with Gasteiger partial charge in [-0.25, -0.2) is 4.98 Å². The van der Waals surface area contributed by atoms with Crippen LogP contribution in [0.2, 0.25) is 0 Å². The standard InChI is InChI=1S/C13H18N6O/c1-10-8-18-9-11(2-3-12(18)15-10)16-13(20)4-6-19-7-5-14-17-19/h5,7-8,11H,2-4,6,9H2,1H3,(H,16,20). The number of fused-ring (bicyclic) bond motifs is 1. The van der Waals surface area contributed by atoms with E-state index in [-0.39, 0.29) is 11.9 Å². The Bertz CT molecular complexity index is 588. The lowest BCUT2D eigenvalue weighted by molar-refractivity contribution is -0.122. The van der Waals surface area contributed by atoms with Crippen LogP contribution in [-0.4, -0.2) is 36.5 Å². The Morgan fingerprint density at radius 2 is 2.45 bits per heavy atom. The van der Waals surface area contributed by atoms with Gasteiger partial charge < -0.3 is 9.88 Å². The van der Waals surface area contributed by atoms with Crippen LogP contribution in [0, 0.1) is 6.92 Å². The summed E-state index contributed by atoms with van der Waals surface area (Å²) in [6.45, 7) is 3.37. The fourth-order valence-electron chi connectivity index (χ4n) is 2.57. The maximum absolute atomic E-state index is 11.9. The van der Waals surface area contributed by atoms with E-state index >= 15 is 0 Å². The van der Waals surface area contributed by atoms with Crippen molar-refractivity contribution in [2.75, 3.05) is 0 Å². The van der Waals surface area contributed by atoms with E-state index in [2.05, 4.69) is 25.2 Å². The summed E-state index contributed by atoms with van der Waals surface area (Å²) < 4.78 is 3.80. The first kappa shape index (κ1) is 12.8. The number of hydrogen-bond acceptors (Lipinski definition) is 4. The predicted octanol–water partition coefficient (Wildman–Crippen LogP) is 0.304. The molecule has 2 aromatic rings. The van der Waals surface area contributed by atoms with Crippen molar-refractivity contribution in [2.24, 2.45) is 0 Å². The Kier molecular flexibility index (Phi) is 3.49. The molecule has 7 heteroatoms. The molecule has 0 spiro atoms. The van der Waals surface area contributed by atoms with E-state index in [0.717, 1.165) is 30.9 Å². The summed E-state index contributed by atoms with van der Waals surface area (Å²) in [4.78, 5) is 16.4. The van der Waals surface area contributed by atoms with Crippen molar-refractivity contribution in [1.29, 1.82) is 0 Å². The van der Waals surface area contributed by atoms with E-state index < -0.39 is 0 Å². The molecule has 0 fully saturated rings. The first-order chi connectivity index (χ1) is 9.70. The number of imidazole rings is 1. The highest BCUT2D eigenvalue weighted by molar-refractivity contribution is 5.76. The average molecular weight is 274 g/mol. The van der Waals surface area contributed by atoms with Gasteiger partial charge in [-0.2, -0.15) is 0 Å². The van der Waals surface area contributed by atoms with Crippen molar-refractivity contribution in [3.05, 3.63) is 30.1 Å². The Labute approximate surface area is 117 Å². The van der Waals surface area contributed by atoms with Crippen molar-refractivity contribution in [3.8, 4) is 0 Å². The van der Waals surface area contributed by atoms with E-state index in [1.165, 1.54) is 0 Å². The molecule has 1 amide bonds. The molecule has 0 bridgehead atoms. The Hall–Kier alpha value is -2.18. The third-order valence-corrected chi connectivity index (χ3v) is 3.52. The van der Waals surface area contributed by atoms with Crippen molar-refractivity contribution in [2.45, 2.75) is 45.3 Å². The fourth-order valence-corrected chi connectivity index (χ4v) is 2.57. The van der Waals surface area contributed by atoms with E-state index in [1.54, 1.807) is 17.1 Å². The van der Waals surface area contributed by atoms with Crippen LogP contribution in [0.15, 0.2) is 18.6 Å². The third-order valence-electron chi connectivity index (χ3n) is 3.52. The van der Waals surface area contributed by atoms with Gasteiger partial charge in [0.1, 0.15) is 5.82 Å². The van der Waals surface area contributed by atoms with Crippen molar-refractivity contribution in [1.82, 2.24) is 29.9 Å². The Morgan fingerprint density at radius 3 is 3.25 bits per heavy atom. The van der Waals surface area contributed by atoms with Crippen LogP contribution in [0.25, 0.3) is 0 Å². The van der Waals surface area contributed by atoms with Crippen molar-refractivity contribution < 1.29 is 4.79 Å². The topological polar surface area (TPSA) is 77.6 Å². The largest absolute Gasteiger partial charge is 0.352 e. The monoisotopic (exact) mass is 274 g/mol. The number of rotatable bonds is 4.